The quantitative estimate of drug-likeness (QED) is 0.158. The van der Waals surface area contributed by atoms with Gasteiger partial charge >= 0.3 is 271 Å². The van der Waals surface area contributed by atoms with Crippen molar-refractivity contribution in [3.63, 3.8) is 0 Å². The Balaban J connectivity index is 0.00000221. The van der Waals surface area contributed by atoms with Gasteiger partial charge in [0.1, 0.15) is 0 Å². The van der Waals surface area contributed by atoms with E-state index in [1.807, 2.05) is 24.3 Å². The van der Waals surface area contributed by atoms with Gasteiger partial charge in [-0.05, 0) is 0 Å². The first kappa shape index (κ1) is 35.1. The Hall–Kier alpha value is -1.74. The van der Waals surface area contributed by atoms with Gasteiger partial charge in [0, 0.05) is 0 Å². The number of hydrogen-bond donors (Lipinski definition) is 0. The summed E-state index contributed by atoms with van der Waals surface area (Å²) in [5.74, 6) is 0. The van der Waals surface area contributed by atoms with E-state index < -0.39 is 21.0 Å². The van der Waals surface area contributed by atoms with E-state index in [4.69, 9.17) is 23.2 Å². The number of hydrogen-bond acceptors (Lipinski definition) is 0. The third-order valence-corrected chi connectivity index (χ3v) is 20.5. The van der Waals surface area contributed by atoms with Crippen molar-refractivity contribution < 1.29 is 21.0 Å². The number of rotatable bonds is 4. The Bertz CT molecular complexity index is 1730. The third kappa shape index (κ3) is 6.84. The van der Waals surface area contributed by atoms with Crippen LogP contribution < -0.4 is 3.32 Å². The molecule has 0 saturated carbocycles. The van der Waals surface area contributed by atoms with Crippen molar-refractivity contribution in [3.8, 4) is 11.1 Å². The van der Waals surface area contributed by atoms with Gasteiger partial charge < -0.3 is 0 Å². The molecule has 0 heterocycles. The first-order valence-electron chi connectivity index (χ1n) is 14.8. The molecular weight excluding hydrogens is 789 g/mol. The van der Waals surface area contributed by atoms with Crippen molar-refractivity contribution in [2.45, 2.75) is 65.2 Å². The van der Waals surface area contributed by atoms with Gasteiger partial charge in [0.2, 0.25) is 0 Å². The minimum absolute atomic E-state index is 0. The van der Waals surface area contributed by atoms with Crippen molar-refractivity contribution in [2.75, 3.05) is 0 Å². The monoisotopic (exact) mass is 828 g/mol. The second-order valence-corrected chi connectivity index (χ2v) is 23.1. The van der Waals surface area contributed by atoms with Crippen LogP contribution in [0.3, 0.4) is 0 Å². The largest absolute Gasteiger partial charge is 0.147 e. The molecule has 0 unspecified atom stereocenters. The molecule has 44 heavy (non-hydrogen) atoms. The second kappa shape index (κ2) is 13.5. The Kier molecular flexibility index (Phi) is 10.8. The van der Waals surface area contributed by atoms with Crippen molar-refractivity contribution in [1.82, 2.24) is 0 Å². The number of fused-ring (bicyclic) bond motifs is 3. The van der Waals surface area contributed by atoms with E-state index >= 15 is 0 Å². The van der Waals surface area contributed by atoms with Crippen LogP contribution in [-0.2, 0) is 38.2 Å². The SMILES string of the molecule is CC(C)(C)c1ccc2c(c1)Cc1c-2ccc(C(C)(C)C)[c]1[Hf]([C]1=CC=CC1)=[C](c1ccc(Cl)cc1)c1ccc(Cl)cc1.Cl.Cl. The molecule has 0 radical (unpaired) electrons. The molecule has 4 aromatic rings. The molecular formula is C39H40Cl4Hf. The molecule has 0 spiro atoms. The fraction of sp³-hybridized carbons (Fsp3) is 0.256. The number of allylic oxidation sites excluding steroid dienone is 4. The minimum Gasteiger partial charge on any atom is -0.147 e. The molecule has 0 aromatic heterocycles. The molecule has 0 amide bonds. The summed E-state index contributed by atoms with van der Waals surface area (Å²) in [6.07, 6.45) is 9.06. The van der Waals surface area contributed by atoms with E-state index in [1.165, 1.54) is 42.2 Å². The standard InChI is InChI=1S/C21H25.C13H8Cl2.C5H5.2ClH.Hf/c1-20(2,3)16-7-9-18-14(12-16)11-15-13-17(21(4,5)6)8-10-19(15)18;14-12-5-1-10(2-6-12)9-11-3-7-13(15)8-4-11;1-2-4-5-3-1;;;/h7-10,12H,11H2,1-6H3;1-8H;1-3H,4H2;2*1H;. The molecule has 0 fully saturated rings. The number of benzene rings is 4. The van der Waals surface area contributed by atoms with Crippen LogP contribution in [-0.4, -0.2) is 3.26 Å². The van der Waals surface area contributed by atoms with Crippen LogP contribution >= 0.6 is 48.0 Å². The fourth-order valence-corrected chi connectivity index (χ4v) is 19.8. The Morgan fingerprint density at radius 2 is 1.25 bits per heavy atom. The maximum Gasteiger partial charge on any atom is -0.147 e. The van der Waals surface area contributed by atoms with Gasteiger partial charge in [0.25, 0.3) is 0 Å². The summed E-state index contributed by atoms with van der Waals surface area (Å²) in [5.41, 5.74) is 11.5. The van der Waals surface area contributed by atoms with E-state index in [1.54, 1.807) is 12.2 Å². The zero-order chi connectivity index (χ0) is 29.8. The van der Waals surface area contributed by atoms with Gasteiger partial charge in [-0.1, -0.05) is 0 Å². The van der Waals surface area contributed by atoms with Crippen molar-refractivity contribution in [1.29, 1.82) is 0 Å². The summed E-state index contributed by atoms with van der Waals surface area (Å²) in [4.78, 5) is 0. The zero-order valence-electron chi connectivity index (χ0n) is 26.2. The van der Waals surface area contributed by atoms with E-state index in [0.29, 0.717) is 0 Å². The average molecular weight is 829 g/mol. The third-order valence-electron chi connectivity index (χ3n) is 8.61. The summed E-state index contributed by atoms with van der Waals surface area (Å²) in [7, 11) is 0. The first-order chi connectivity index (χ1) is 19.9. The van der Waals surface area contributed by atoms with Crippen molar-refractivity contribution in [3.05, 3.63) is 144 Å². The molecule has 0 saturated heterocycles. The molecule has 0 aliphatic heterocycles. The van der Waals surface area contributed by atoms with Crippen LogP contribution in [0.15, 0.2) is 100 Å². The zero-order valence-corrected chi connectivity index (χ0v) is 33.0. The number of halogens is 4. The van der Waals surface area contributed by atoms with Crippen molar-refractivity contribution in [2.24, 2.45) is 0 Å². The fourth-order valence-electron chi connectivity index (χ4n) is 6.42. The maximum absolute atomic E-state index is 6.43. The predicted octanol–water partition coefficient (Wildman–Crippen LogP) is 11.4. The van der Waals surface area contributed by atoms with Gasteiger partial charge in [-0.25, -0.2) is 0 Å². The van der Waals surface area contributed by atoms with E-state index in [9.17, 15) is 0 Å². The second-order valence-electron chi connectivity index (χ2n) is 13.7. The van der Waals surface area contributed by atoms with E-state index in [0.717, 1.165) is 22.9 Å². The van der Waals surface area contributed by atoms with Gasteiger partial charge in [-0.3, -0.25) is 0 Å². The summed E-state index contributed by atoms with van der Waals surface area (Å²) >= 11 is 9.80. The average Bonchev–Trinajstić information content (AvgIpc) is 3.59. The van der Waals surface area contributed by atoms with Crippen molar-refractivity contribution >= 4 is 54.6 Å². The molecule has 228 valence electrons. The molecule has 6 rings (SSSR count). The van der Waals surface area contributed by atoms with Crippen LogP contribution in [0, 0.1) is 0 Å². The molecule has 5 heteroatoms. The summed E-state index contributed by atoms with van der Waals surface area (Å²) in [6.45, 7) is 14.1. The van der Waals surface area contributed by atoms with Crippen LogP contribution in [0.1, 0.15) is 81.3 Å². The summed E-state index contributed by atoms with van der Waals surface area (Å²) in [5, 5.41) is 1.54. The summed E-state index contributed by atoms with van der Waals surface area (Å²) < 4.78 is 4.80. The van der Waals surface area contributed by atoms with Gasteiger partial charge in [-0.15, -0.1) is 24.8 Å². The normalized spacial score (nSPS) is 13.4. The van der Waals surface area contributed by atoms with Crippen LogP contribution in [0.4, 0.5) is 0 Å². The van der Waals surface area contributed by atoms with E-state index in [-0.39, 0.29) is 35.6 Å². The molecule has 0 nitrogen and oxygen atoms in total. The Morgan fingerprint density at radius 1 is 0.682 bits per heavy atom. The van der Waals surface area contributed by atoms with Gasteiger partial charge in [0.15, 0.2) is 0 Å². The Labute approximate surface area is 293 Å². The molecule has 2 aliphatic carbocycles. The molecule has 2 aliphatic rings. The smallest absolute Gasteiger partial charge is 0.147 e. The topological polar surface area (TPSA) is 0 Å². The molecule has 0 atom stereocenters. The maximum atomic E-state index is 6.43. The Morgan fingerprint density at radius 3 is 1.75 bits per heavy atom. The first-order valence-corrected chi connectivity index (χ1v) is 21.0. The van der Waals surface area contributed by atoms with Crippen LogP contribution in [0.2, 0.25) is 10.0 Å². The predicted molar refractivity (Wildman–Crippen MR) is 194 cm³/mol. The van der Waals surface area contributed by atoms with E-state index in [2.05, 4.69) is 114 Å². The summed E-state index contributed by atoms with van der Waals surface area (Å²) in [6, 6.07) is 29.1. The van der Waals surface area contributed by atoms with Gasteiger partial charge in [0.05, 0.1) is 0 Å². The van der Waals surface area contributed by atoms with Crippen LogP contribution in [0.5, 0.6) is 0 Å². The van der Waals surface area contributed by atoms with Crippen LogP contribution in [0.25, 0.3) is 11.1 Å². The minimum atomic E-state index is -3.07. The van der Waals surface area contributed by atoms with Gasteiger partial charge in [-0.2, -0.15) is 0 Å². The molecule has 4 aromatic carbocycles. The molecule has 0 bridgehead atoms. The molecule has 0 N–H and O–H groups in total.